The number of hydrogen-bond acceptors (Lipinski definition) is 3. The first-order valence-corrected chi connectivity index (χ1v) is 13.5. The number of amides is 1. The van der Waals surface area contributed by atoms with Gasteiger partial charge in [0.05, 0.1) is 13.7 Å². The second-order valence-electron chi connectivity index (χ2n) is 10.5. The van der Waals surface area contributed by atoms with Crippen LogP contribution in [0.4, 0.5) is 0 Å². The molecule has 0 aromatic heterocycles. The number of carbonyl (C=O) groups is 1. The molecule has 1 heterocycles. The van der Waals surface area contributed by atoms with Gasteiger partial charge in [-0.05, 0) is 64.8 Å². The second-order valence-corrected chi connectivity index (χ2v) is 10.5. The SMILES string of the molecule is COc1ccc(C2Cc3ccccc3CN2CC(=O)N(Cc2ccccc2)C2Cc3ccccc3C2)cc1. The van der Waals surface area contributed by atoms with Crippen LogP contribution in [-0.4, -0.2) is 35.4 Å². The van der Waals surface area contributed by atoms with Crippen molar-refractivity contribution in [3.63, 3.8) is 0 Å². The fourth-order valence-electron chi connectivity index (χ4n) is 6.12. The second kappa shape index (κ2) is 10.8. The van der Waals surface area contributed by atoms with Crippen molar-refractivity contribution in [3.8, 4) is 5.75 Å². The molecule has 1 unspecified atom stereocenters. The lowest BCUT2D eigenvalue weighted by Gasteiger charge is -2.39. The Labute approximate surface area is 225 Å². The zero-order valence-corrected chi connectivity index (χ0v) is 21.9. The van der Waals surface area contributed by atoms with Gasteiger partial charge in [-0.2, -0.15) is 0 Å². The number of benzene rings is 4. The molecule has 0 saturated heterocycles. The summed E-state index contributed by atoms with van der Waals surface area (Å²) in [7, 11) is 1.69. The molecule has 38 heavy (non-hydrogen) atoms. The van der Waals surface area contributed by atoms with Crippen molar-refractivity contribution in [2.75, 3.05) is 13.7 Å². The summed E-state index contributed by atoms with van der Waals surface area (Å²) in [5.41, 5.74) is 7.80. The first-order valence-electron chi connectivity index (χ1n) is 13.5. The van der Waals surface area contributed by atoms with Crippen molar-refractivity contribution in [2.45, 2.75) is 44.4 Å². The fourth-order valence-corrected chi connectivity index (χ4v) is 6.12. The number of carbonyl (C=O) groups excluding carboxylic acids is 1. The van der Waals surface area contributed by atoms with Gasteiger partial charge in [0.2, 0.25) is 5.91 Å². The van der Waals surface area contributed by atoms with E-state index in [2.05, 4.69) is 94.7 Å². The summed E-state index contributed by atoms with van der Waals surface area (Å²) in [6.07, 6.45) is 2.72. The molecule has 0 N–H and O–H groups in total. The topological polar surface area (TPSA) is 32.8 Å². The van der Waals surface area contributed by atoms with Crippen LogP contribution in [-0.2, 0) is 37.1 Å². The number of fused-ring (bicyclic) bond motifs is 2. The summed E-state index contributed by atoms with van der Waals surface area (Å²) in [6.45, 7) is 1.79. The number of hydrogen-bond donors (Lipinski definition) is 0. The highest BCUT2D eigenvalue weighted by atomic mass is 16.5. The first-order chi connectivity index (χ1) is 18.7. The van der Waals surface area contributed by atoms with E-state index in [1.807, 2.05) is 18.2 Å². The fraction of sp³-hybridized carbons (Fsp3) is 0.265. The van der Waals surface area contributed by atoms with Gasteiger partial charge in [0.25, 0.3) is 0 Å². The Morgan fingerprint density at radius 3 is 1.97 bits per heavy atom. The maximum Gasteiger partial charge on any atom is 0.237 e. The average molecular weight is 503 g/mol. The van der Waals surface area contributed by atoms with Crippen LogP contribution >= 0.6 is 0 Å². The van der Waals surface area contributed by atoms with Crippen molar-refractivity contribution >= 4 is 5.91 Å². The molecule has 0 radical (unpaired) electrons. The van der Waals surface area contributed by atoms with Crippen LogP contribution in [0.2, 0.25) is 0 Å². The standard InChI is InChI=1S/C34H34N2O2/c1-38-32-17-15-26(16-18-32)33-21-29-13-7-8-14-30(29)23-35(33)24-34(37)36(22-25-9-3-2-4-10-25)31-19-27-11-5-6-12-28(27)20-31/h2-18,31,33H,19-24H2,1H3. The van der Waals surface area contributed by atoms with Crippen molar-refractivity contribution in [3.05, 3.63) is 137 Å². The molecule has 1 aliphatic heterocycles. The summed E-state index contributed by atoms with van der Waals surface area (Å²) in [5, 5.41) is 0. The quantitative estimate of drug-likeness (QED) is 0.311. The van der Waals surface area contributed by atoms with E-state index < -0.39 is 0 Å². The molecule has 1 amide bonds. The molecule has 0 spiro atoms. The average Bonchev–Trinajstić information content (AvgIpc) is 3.40. The molecule has 2 aliphatic rings. The van der Waals surface area contributed by atoms with Gasteiger partial charge in [-0.15, -0.1) is 0 Å². The Morgan fingerprint density at radius 1 is 0.763 bits per heavy atom. The minimum absolute atomic E-state index is 0.138. The summed E-state index contributed by atoms with van der Waals surface area (Å²) in [6, 6.07) is 36.3. The number of methoxy groups -OCH3 is 1. The van der Waals surface area contributed by atoms with Crippen molar-refractivity contribution in [1.82, 2.24) is 9.80 Å². The lowest BCUT2D eigenvalue weighted by Crippen LogP contribution is -2.47. The van der Waals surface area contributed by atoms with E-state index in [1.54, 1.807) is 7.11 Å². The van der Waals surface area contributed by atoms with E-state index in [4.69, 9.17) is 4.74 Å². The highest BCUT2D eigenvalue weighted by Gasteiger charge is 2.34. The molecule has 0 saturated carbocycles. The van der Waals surface area contributed by atoms with E-state index in [0.29, 0.717) is 13.1 Å². The normalized spacial score (nSPS) is 17.0. The number of nitrogens with zero attached hydrogens (tertiary/aromatic N) is 2. The van der Waals surface area contributed by atoms with Gasteiger partial charge in [-0.3, -0.25) is 9.69 Å². The Bertz CT molecular complexity index is 1370. The monoisotopic (exact) mass is 502 g/mol. The van der Waals surface area contributed by atoms with Gasteiger partial charge in [-0.25, -0.2) is 0 Å². The van der Waals surface area contributed by atoms with E-state index in [0.717, 1.165) is 31.6 Å². The van der Waals surface area contributed by atoms with E-state index >= 15 is 0 Å². The lowest BCUT2D eigenvalue weighted by atomic mass is 9.89. The molecule has 4 heteroatoms. The summed E-state index contributed by atoms with van der Waals surface area (Å²) in [5.74, 6) is 1.05. The van der Waals surface area contributed by atoms with Crippen LogP contribution in [0.3, 0.4) is 0 Å². The van der Waals surface area contributed by atoms with Gasteiger partial charge < -0.3 is 9.64 Å². The van der Waals surface area contributed by atoms with Crippen LogP contribution in [0.1, 0.15) is 39.4 Å². The minimum atomic E-state index is 0.138. The molecule has 4 aromatic rings. The molecular weight excluding hydrogens is 468 g/mol. The molecule has 1 atom stereocenters. The van der Waals surface area contributed by atoms with Gasteiger partial charge in [-0.1, -0.05) is 91.0 Å². The molecule has 1 aliphatic carbocycles. The summed E-state index contributed by atoms with van der Waals surface area (Å²) in [4.78, 5) is 18.7. The third kappa shape index (κ3) is 5.09. The highest BCUT2D eigenvalue weighted by Crippen LogP contribution is 2.34. The molecule has 4 aromatic carbocycles. The van der Waals surface area contributed by atoms with Crippen LogP contribution in [0.5, 0.6) is 5.75 Å². The van der Waals surface area contributed by atoms with Crippen LogP contribution in [0.15, 0.2) is 103 Å². The zero-order chi connectivity index (χ0) is 25.9. The molecule has 0 fully saturated rings. The summed E-state index contributed by atoms with van der Waals surface area (Å²) >= 11 is 0. The Hall–Kier alpha value is -3.89. The largest absolute Gasteiger partial charge is 0.497 e. The van der Waals surface area contributed by atoms with Crippen molar-refractivity contribution in [2.24, 2.45) is 0 Å². The first kappa shape index (κ1) is 24.4. The Morgan fingerprint density at radius 2 is 1.34 bits per heavy atom. The van der Waals surface area contributed by atoms with E-state index in [-0.39, 0.29) is 18.0 Å². The number of rotatable bonds is 7. The smallest absolute Gasteiger partial charge is 0.237 e. The molecule has 6 rings (SSSR count). The van der Waals surface area contributed by atoms with Gasteiger partial charge in [0, 0.05) is 25.2 Å². The van der Waals surface area contributed by atoms with Crippen molar-refractivity contribution in [1.29, 1.82) is 0 Å². The van der Waals surface area contributed by atoms with Gasteiger partial charge >= 0.3 is 0 Å². The molecule has 192 valence electrons. The van der Waals surface area contributed by atoms with Crippen molar-refractivity contribution < 1.29 is 9.53 Å². The third-order valence-electron chi connectivity index (χ3n) is 8.17. The predicted octanol–water partition coefficient (Wildman–Crippen LogP) is 5.99. The zero-order valence-electron chi connectivity index (χ0n) is 21.9. The third-order valence-corrected chi connectivity index (χ3v) is 8.17. The van der Waals surface area contributed by atoms with E-state index in [9.17, 15) is 4.79 Å². The van der Waals surface area contributed by atoms with Crippen LogP contribution in [0, 0.1) is 0 Å². The molecule has 4 nitrogen and oxygen atoms in total. The summed E-state index contributed by atoms with van der Waals surface area (Å²) < 4.78 is 5.40. The Balaban J connectivity index is 1.29. The maximum atomic E-state index is 14.2. The lowest BCUT2D eigenvalue weighted by molar-refractivity contribution is -0.136. The highest BCUT2D eigenvalue weighted by molar-refractivity contribution is 5.79. The Kier molecular flexibility index (Phi) is 6.98. The molecule has 0 bridgehead atoms. The van der Waals surface area contributed by atoms with Gasteiger partial charge in [0.1, 0.15) is 5.75 Å². The molecular formula is C34H34N2O2. The van der Waals surface area contributed by atoms with Crippen LogP contribution < -0.4 is 4.74 Å². The van der Waals surface area contributed by atoms with E-state index in [1.165, 1.54) is 33.4 Å². The predicted molar refractivity (Wildman–Crippen MR) is 151 cm³/mol. The maximum absolute atomic E-state index is 14.2. The van der Waals surface area contributed by atoms with Gasteiger partial charge in [0.15, 0.2) is 0 Å². The van der Waals surface area contributed by atoms with Crippen LogP contribution in [0.25, 0.3) is 0 Å². The number of ether oxygens (including phenoxy) is 1. The minimum Gasteiger partial charge on any atom is -0.497 e.